The molecule has 0 N–H and O–H groups in total. The van der Waals surface area contributed by atoms with Gasteiger partial charge in [0.05, 0.1) is 9.77 Å². The molecule has 1 rings (SSSR count). The Labute approximate surface area is 80.9 Å². The summed E-state index contributed by atoms with van der Waals surface area (Å²) in [5.41, 5.74) is -0.661. The first-order chi connectivity index (χ1) is 5.46. The molecule has 0 saturated carbocycles. The maximum absolute atomic E-state index is 12.3. The van der Waals surface area contributed by atoms with Crippen LogP contribution in [0.25, 0.3) is 0 Å². The van der Waals surface area contributed by atoms with Crippen molar-refractivity contribution in [2.75, 3.05) is 0 Å². The van der Waals surface area contributed by atoms with Crippen molar-refractivity contribution in [3.8, 4) is 0 Å². The fourth-order valence-electron chi connectivity index (χ4n) is 0.884. The summed E-state index contributed by atoms with van der Waals surface area (Å²) in [6.45, 7) is 1.86. The molecule has 1 aromatic rings. The van der Waals surface area contributed by atoms with E-state index < -0.39 is 11.9 Å². The van der Waals surface area contributed by atoms with E-state index in [0.717, 1.165) is 4.68 Å². The van der Waals surface area contributed by atoms with E-state index in [2.05, 4.69) is 5.10 Å². The Morgan fingerprint density at radius 1 is 1.58 bits per heavy atom. The Hall–Kier alpha value is -0.270. The average Bonchev–Trinajstić information content (AvgIpc) is 2.29. The van der Waals surface area contributed by atoms with Gasteiger partial charge in [-0.25, -0.2) is 0 Å². The first-order valence-electron chi connectivity index (χ1n) is 3.25. The Bertz CT molecular complexity index is 279. The van der Waals surface area contributed by atoms with E-state index in [0.29, 0.717) is 0 Å². The molecule has 0 saturated heterocycles. The van der Waals surface area contributed by atoms with Crippen molar-refractivity contribution in [2.45, 2.75) is 19.6 Å². The minimum Gasteiger partial charge on any atom is -0.260 e. The van der Waals surface area contributed by atoms with Gasteiger partial charge in [-0.15, -0.1) is 0 Å². The van der Waals surface area contributed by atoms with E-state index >= 15 is 0 Å². The van der Waals surface area contributed by atoms with Gasteiger partial charge in [0, 0.05) is 6.54 Å². The Morgan fingerprint density at radius 2 is 2.17 bits per heavy atom. The Morgan fingerprint density at radius 3 is 2.50 bits per heavy atom. The number of halogens is 4. The normalized spacial score (nSPS) is 12.1. The summed E-state index contributed by atoms with van der Waals surface area (Å²) < 4.78 is 37.9. The van der Waals surface area contributed by atoms with E-state index in [1.165, 1.54) is 6.20 Å². The lowest BCUT2D eigenvalue weighted by Gasteiger charge is -2.08. The second kappa shape index (κ2) is 3.23. The average molecular weight is 290 g/mol. The fourth-order valence-corrected chi connectivity index (χ4v) is 1.59. The highest BCUT2D eigenvalue weighted by Gasteiger charge is 2.37. The zero-order valence-electron chi connectivity index (χ0n) is 6.19. The third-order valence-electron chi connectivity index (χ3n) is 1.36. The van der Waals surface area contributed by atoms with Crippen molar-refractivity contribution in [3.63, 3.8) is 0 Å². The van der Waals surface area contributed by atoms with Crippen LogP contribution in [-0.2, 0) is 12.7 Å². The third kappa shape index (κ3) is 1.73. The molecule has 1 aromatic heterocycles. The second-order valence-corrected chi connectivity index (χ2v) is 3.32. The van der Waals surface area contributed by atoms with Gasteiger partial charge in [-0.3, -0.25) is 4.68 Å². The molecule has 2 nitrogen and oxygen atoms in total. The van der Waals surface area contributed by atoms with Crippen molar-refractivity contribution in [1.29, 1.82) is 0 Å². The standard InChI is InChI=1S/C6H6F3IN2/c1-2-12-5(6(7,8)9)4(10)3-11-12/h3H,2H2,1H3. The van der Waals surface area contributed by atoms with Gasteiger partial charge in [0.15, 0.2) is 5.69 Å². The quantitative estimate of drug-likeness (QED) is 0.727. The molecule has 0 unspecified atom stereocenters. The van der Waals surface area contributed by atoms with Gasteiger partial charge in [0.25, 0.3) is 0 Å². The van der Waals surface area contributed by atoms with Crippen molar-refractivity contribution in [3.05, 3.63) is 15.5 Å². The molecule has 0 radical (unpaired) electrons. The molecular weight excluding hydrogens is 284 g/mol. The predicted molar refractivity (Wildman–Crippen MR) is 45.6 cm³/mol. The third-order valence-corrected chi connectivity index (χ3v) is 2.15. The summed E-state index contributed by atoms with van der Waals surface area (Å²) in [7, 11) is 0. The zero-order chi connectivity index (χ0) is 9.35. The number of alkyl halides is 3. The molecule has 0 fully saturated rings. The number of hydrogen-bond acceptors (Lipinski definition) is 1. The van der Waals surface area contributed by atoms with Crippen LogP contribution in [0.15, 0.2) is 6.20 Å². The van der Waals surface area contributed by atoms with Crippen molar-refractivity contribution < 1.29 is 13.2 Å². The van der Waals surface area contributed by atoms with Crippen LogP contribution < -0.4 is 0 Å². The molecule has 0 bridgehead atoms. The molecule has 0 aliphatic heterocycles. The number of hydrogen-bond donors (Lipinski definition) is 0. The predicted octanol–water partition coefficient (Wildman–Crippen LogP) is 2.53. The molecule has 0 spiro atoms. The smallest absolute Gasteiger partial charge is 0.260 e. The van der Waals surface area contributed by atoms with Crippen molar-refractivity contribution >= 4 is 22.6 Å². The van der Waals surface area contributed by atoms with Crippen molar-refractivity contribution in [2.24, 2.45) is 0 Å². The van der Waals surface area contributed by atoms with E-state index in [-0.39, 0.29) is 10.1 Å². The summed E-state index contributed by atoms with van der Waals surface area (Å²) in [5, 5.41) is 3.59. The summed E-state index contributed by atoms with van der Waals surface area (Å²) in [6.07, 6.45) is -3.09. The van der Waals surface area contributed by atoms with E-state index in [1.54, 1.807) is 29.5 Å². The van der Waals surface area contributed by atoms with Gasteiger partial charge >= 0.3 is 6.18 Å². The van der Waals surface area contributed by atoms with E-state index in [4.69, 9.17) is 0 Å². The minimum absolute atomic E-state index is 0.141. The lowest BCUT2D eigenvalue weighted by molar-refractivity contribution is -0.144. The Kier molecular flexibility index (Phi) is 2.64. The van der Waals surface area contributed by atoms with Crippen LogP contribution in [0, 0.1) is 3.57 Å². The molecule has 0 atom stereocenters. The van der Waals surface area contributed by atoms with Gasteiger partial charge in [-0.05, 0) is 29.5 Å². The van der Waals surface area contributed by atoms with E-state index in [1.807, 2.05) is 0 Å². The van der Waals surface area contributed by atoms with Crippen LogP contribution in [0.4, 0.5) is 13.2 Å². The number of aromatic nitrogens is 2. The van der Waals surface area contributed by atoms with Crippen LogP contribution in [0.2, 0.25) is 0 Å². The van der Waals surface area contributed by atoms with Gasteiger partial charge < -0.3 is 0 Å². The summed E-state index contributed by atoms with van der Waals surface area (Å²) >= 11 is 1.63. The second-order valence-electron chi connectivity index (χ2n) is 2.15. The molecule has 0 aliphatic carbocycles. The molecule has 1 heterocycles. The first-order valence-corrected chi connectivity index (χ1v) is 4.33. The minimum atomic E-state index is -4.30. The Balaban J connectivity index is 3.19. The molecule has 12 heavy (non-hydrogen) atoms. The van der Waals surface area contributed by atoms with Crippen LogP contribution >= 0.6 is 22.6 Å². The molecule has 0 amide bonds. The molecular formula is C6H6F3IN2. The maximum atomic E-state index is 12.3. The lowest BCUT2D eigenvalue weighted by atomic mass is 10.4. The number of rotatable bonds is 1. The fraction of sp³-hybridized carbons (Fsp3) is 0.500. The highest BCUT2D eigenvalue weighted by Crippen LogP contribution is 2.32. The lowest BCUT2D eigenvalue weighted by Crippen LogP contribution is -2.15. The topological polar surface area (TPSA) is 17.8 Å². The largest absolute Gasteiger partial charge is 0.434 e. The van der Waals surface area contributed by atoms with Crippen LogP contribution in [0.5, 0.6) is 0 Å². The molecule has 0 aliphatic rings. The SMILES string of the molecule is CCn1ncc(I)c1C(F)(F)F. The van der Waals surface area contributed by atoms with E-state index in [9.17, 15) is 13.2 Å². The molecule has 68 valence electrons. The number of nitrogens with zero attached hydrogens (tertiary/aromatic N) is 2. The first kappa shape index (κ1) is 9.82. The van der Waals surface area contributed by atoms with Crippen LogP contribution in [-0.4, -0.2) is 9.78 Å². The van der Waals surface area contributed by atoms with Crippen LogP contribution in [0.1, 0.15) is 12.6 Å². The van der Waals surface area contributed by atoms with Crippen LogP contribution in [0.3, 0.4) is 0 Å². The van der Waals surface area contributed by atoms with Gasteiger partial charge in [0.1, 0.15) is 0 Å². The summed E-state index contributed by atoms with van der Waals surface area (Å²) in [4.78, 5) is 0. The number of aryl methyl sites for hydroxylation is 1. The van der Waals surface area contributed by atoms with Gasteiger partial charge in [0.2, 0.25) is 0 Å². The summed E-state index contributed by atoms with van der Waals surface area (Å²) in [5.74, 6) is 0. The monoisotopic (exact) mass is 290 g/mol. The zero-order valence-corrected chi connectivity index (χ0v) is 8.35. The molecule has 0 aromatic carbocycles. The highest BCUT2D eigenvalue weighted by atomic mass is 127. The maximum Gasteiger partial charge on any atom is 0.434 e. The summed E-state index contributed by atoms with van der Waals surface area (Å²) in [6, 6.07) is 0. The highest BCUT2D eigenvalue weighted by molar-refractivity contribution is 14.1. The van der Waals surface area contributed by atoms with Gasteiger partial charge in [-0.2, -0.15) is 18.3 Å². The van der Waals surface area contributed by atoms with Crippen molar-refractivity contribution in [1.82, 2.24) is 9.78 Å². The molecule has 6 heteroatoms. The van der Waals surface area contributed by atoms with Gasteiger partial charge in [-0.1, -0.05) is 0 Å².